The highest BCUT2D eigenvalue weighted by molar-refractivity contribution is 4.88. The fourth-order valence-electron chi connectivity index (χ4n) is 1.46. The summed E-state index contributed by atoms with van der Waals surface area (Å²) < 4.78 is 10.1. The maximum Gasteiger partial charge on any atom is 0.186 e. The van der Waals surface area contributed by atoms with Gasteiger partial charge in [0.25, 0.3) is 0 Å². The Morgan fingerprint density at radius 2 is 1.94 bits per heavy atom. The van der Waals surface area contributed by atoms with Gasteiger partial charge in [0.15, 0.2) is 6.29 Å². The van der Waals surface area contributed by atoms with E-state index < -0.39 is 37.3 Å². The predicted molar refractivity (Wildman–Crippen MR) is 53.7 cm³/mol. The van der Waals surface area contributed by atoms with Gasteiger partial charge in [-0.3, -0.25) is 0 Å². The van der Waals surface area contributed by atoms with Gasteiger partial charge >= 0.3 is 0 Å². The van der Waals surface area contributed by atoms with Crippen LogP contribution in [-0.4, -0.2) is 70.9 Å². The van der Waals surface area contributed by atoms with Crippen LogP contribution >= 0.6 is 0 Å². The highest BCUT2D eigenvalue weighted by Gasteiger charge is 2.43. The average molecular weight is 249 g/mol. The van der Waals surface area contributed by atoms with Crippen LogP contribution in [0.4, 0.5) is 0 Å². The molecule has 0 aliphatic carbocycles. The first-order chi connectivity index (χ1) is 8.11. The van der Waals surface area contributed by atoms with Crippen LogP contribution < -0.4 is 0 Å². The monoisotopic (exact) mass is 249 g/mol. The molecule has 1 aliphatic heterocycles. The molecule has 0 aromatic carbocycles. The minimum absolute atomic E-state index is 0.00719. The van der Waals surface area contributed by atoms with Crippen LogP contribution in [0, 0.1) is 0 Å². The molecule has 9 heteroatoms. The summed E-state index contributed by atoms with van der Waals surface area (Å²) in [6.45, 7) is -0.473. The normalized spacial score (nSPS) is 37.5. The quantitative estimate of drug-likeness (QED) is 0.194. The van der Waals surface area contributed by atoms with Gasteiger partial charge in [-0.1, -0.05) is 5.11 Å². The summed E-state index contributed by atoms with van der Waals surface area (Å²) in [5, 5.41) is 40.5. The molecule has 0 amide bonds. The van der Waals surface area contributed by atoms with Crippen molar-refractivity contribution in [3.63, 3.8) is 0 Å². The smallest absolute Gasteiger partial charge is 0.186 e. The van der Waals surface area contributed by atoms with Gasteiger partial charge in [-0.25, -0.2) is 0 Å². The predicted octanol–water partition coefficient (Wildman–Crippen LogP) is -1.89. The van der Waals surface area contributed by atoms with Crippen molar-refractivity contribution < 1.29 is 29.9 Å². The van der Waals surface area contributed by atoms with Crippen LogP contribution in [0.2, 0.25) is 0 Å². The molecule has 1 fully saturated rings. The summed E-state index contributed by atoms with van der Waals surface area (Å²) >= 11 is 0. The van der Waals surface area contributed by atoms with Crippen LogP contribution in [0.5, 0.6) is 0 Å². The summed E-state index contributed by atoms with van der Waals surface area (Å²) in [5.41, 5.74) is 8.03. The molecule has 3 unspecified atom stereocenters. The zero-order valence-electron chi connectivity index (χ0n) is 8.96. The van der Waals surface area contributed by atoms with E-state index in [0.29, 0.717) is 0 Å². The highest BCUT2D eigenvalue weighted by Crippen LogP contribution is 2.21. The summed E-state index contributed by atoms with van der Waals surface area (Å²) in [6, 6.07) is 0. The Kier molecular flexibility index (Phi) is 5.59. The highest BCUT2D eigenvalue weighted by atomic mass is 16.7. The fourth-order valence-corrected chi connectivity index (χ4v) is 1.46. The second kappa shape index (κ2) is 6.72. The van der Waals surface area contributed by atoms with Gasteiger partial charge in [0.1, 0.15) is 24.4 Å². The molecule has 98 valence electrons. The SMILES string of the molecule is [N-]=[N+]=NCCO[C@H]1OC(CO)[C@H](O)C(O)C1O. The first kappa shape index (κ1) is 14.1. The third kappa shape index (κ3) is 3.51. The van der Waals surface area contributed by atoms with Gasteiger partial charge in [0, 0.05) is 11.5 Å². The first-order valence-electron chi connectivity index (χ1n) is 5.04. The number of hydrogen-bond donors (Lipinski definition) is 4. The average Bonchev–Trinajstić information content (AvgIpc) is 2.34. The molecule has 0 aromatic heterocycles. The van der Waals surface area contributed by atoms with Crippen molar-refractivity contribution in [1.29, 1.82) is 0 Å². The van der Waals surface area contributed by atoms with E-state index >= 15 is 0 Å². The third-order valence-electron chi connectivity index (χ3n) is 2.39. The van der Waals surface area contributed by atoms with E-state index in [1.165, 1.54) is 0 Å². The Labute approximate surface area is 96.8 Å². The molecule has 4 N–H and O–H groups in total. The second-order valence-corrected chi connectivity index (χ2v) is 3.52. The number of aliphatic hydroxyl groups is 4. The van der Waals surface area contributed by atoms with E-state index in [1.807, 2.05) is 0 Å². The van der Waals surface area contributed by atoms with Crippen LogP contribution in [0.15, 0.2) is 5.11 Å². The third-order valence-corrected chi connectivity index (χ3v) is 2.39. The molecular formula is C8H15N3O6. The summed E-state index contributed by atoms with van der Waals surface area (Å²) in [4.78, 5) is 2.51. The summed E-state index contributed by atoms with van der Waals surface area (Å²) in [5.74, 6) is 0. The van der Waals surface area contributed by atoms with Crippen LogP contribution in [0.3, 0.4) is 0 Å². The number of nitrogens with zero attached hydrogens (tertiary/aromatic N) is 3. The zero-order valence-corrected chi connectivity index (χ0v) is 8.96. The van der Waals surface area contributed by atoms with E-state index in [2.05, 4.69) is 10.0 Å². The lowest BCUT2D eigenvalue weighted by Gasteiger charge is -2.39. The lowest BCUT2D eigenvalue weighted by molar-refractivity contribution is -0.300. The zero-order chi connectivity index (χ0) is 12.8. The van der Waals surface area contributed by atoms with Gasteiger partial charge in [0.2, 0.25) is 0 Å². The number of rotatable bonds is 5. The van der Waals surface area contributed by atoms with Gasteiger partial charge in [-0.05, 0) is 5.53 Å². The van der Waals surface area contributed by atoms with E-state index in [-0.39, 0.29) is 13.2 Å². The minimum Gasteiger partial charge on any atom is -0.394 e. The van der Waals surface area contributed by atoms with Gasteiger partial charge in [-0.15, -0.1) is 0 Å². The van der Waals surface area contributed by atoms with Crippen LogP contribution in [-0.2, 0) is 9.47 Å². The largest absolute Gasteiger partial charge is 0.394 e. The van der Waals surface area contributed by atoms with E-state index in [4.69, 9.17) is 20.1 Å². The van der Waals surface area contributed by atoms with Crippen molar-refractivity contribution in [2.75, 3.05) is 19.8 Å². The lowest BCUT2D eigenvalue weighted by Crippen LogP contribution is -2.59. The lowest BCUT2D eigenvalue weighted by atomic mass is 9.99. The molecule has 1 rings (SSSR count). The standard InChI is InChI=1S/C8H15N3O6/c9-11-10-1-2-16-8-7(15)6(14)5(13)4(3-12)17-8/h4-8,12-15H,1-3H2/t4?,5-,6?,7?,8-/m0/s1. The number of ether oxygens (including phenoxy) is 2. The van der Waals surface area contributed by atoms with Gasteiger partial charge in [-0.2, -0.15) is 0 Å². The van der Waals surface area contributed by atoms with E-state index in [1.54, 1.807) is 0 Å². The van der Waals surface area contributed by atoms with E-state index in [9.17, 15) is 15.3 Å². The molecule has 1 heterocycles. The molecule has 0 radical (unpaired) electrons. The summed E-state index contributed by atoms with van der Waals surface area (Å²) in [7, 11) is 0. The van der Waals surface area contributed by atoms with Crippen molar-refractivity contribution in [1.82, 2.24) is 0 Å². The molecule has 17 heavy (non-hydrogen) atoms. The van der Waals surface area contributed by atoms with Crippen molar-refractivity contribution in [2.45, 2.75) is 30.7 Å². The maximum atomic E-state index is 9.53. The second-order valence-electron chi connectivity index (χ2n) is 3.52. The molecule has 0 spiro atoms. The molecule has 5 atom stereocenters. The van der Waals surface area contributed by atoms with E-state index in [0.717, 1.165) is 0 Å². The Balaban J connectivity index is 2.50. The van der Waals surface area contributed by atoms with Crippen LogP contribution in [0.1, 0.15) is 0 Å². The summed E-state index contributed by atoms with van der Waals surface area (Å²) in [6.07, 6.45) is -6.49. The number of hydrogen-bond acceptors (Lipinski definition) is 7. The van der Waals surface area contributed by atoms with Crippen molar-refractivity contribution >= 4 is 0 Å². The van der Waals surface area contributed by atoms with Crippen molar-refractivity contribution in [3.8, 4) is 0 Å². The molecular weight excluding hydrogens is 234 g/mol. The molecule has 9 nitrogen and oxygen atoms in total. The molecule has 0 bridgehead atoms. The van der Waals surface area contributed by atoms with Crippen LogP contribution in [0.25, 0.3) is 10.4 Å². The van der Waals surface area contributed by atoms with Crippen molar-refractivity contribution in [3.05, 3.63) is 10.4 Å². The van der Waals surface area contributed by atoms with Gasteiger partial charge in [0.05, 0.1) is 13.2 Å². The minimum atomic E-state index is -1.47. The molecule has 0 saturated carbocycles. The van der Waals surface area contributed by atoms with Gasteiger partial charge < -0.3 is 29.9 Å². The number of azide groups is 1. The Morgan fingerprint density at radius 3 is 2.53 bits per heavy atom. The molecule has 1 aliphatic rings. The molecule has 0 aromatic rings. The number of aliphatic hydroxyl groups excluding tert-OH is 4. The maximum absolute atomic E-state index is 9.53. The Bertz CT molecular complexity index is 282. The Hall–Kier alpha value is -0.930. The first-order valence-corrected chi connectivity index (χ1v) is 5.04. The topological polar surface area (TPSA) is 148 Å². The molecule has 1 saturated heterocycles. The van der Waals surface area contributed by atoms with Crippen molar-refractivity contribution in [2.24, 2.45) is 5.11 Å². The Morgan fingerprint density at radius 1 is 1.24 bits per heavy atom. The fraction of sp³-hybridized carbons (Fsp3) is 1.00.